The van der Waals surface area contributed by atoms with Gasteiger partial charge in [0.1, 0.15) is 0 Å². The topological polar surface area (TPSA) is 35.2 Å². The molecule has 0 atom stereocenters. The van der Waals surface area contributed by atoms with Crippen LogP contribution < -0.4 is 5.73 Å². The van der Waals surface area contributed by atoms with Gasteiger partial charge >= 0.3 is 0 Å². The van der Waals surface area contributed by atoms with Gasteiger partial charge in [0.05, 0.1) is 10.7 Å². The number of nitrogens with two attached hydrogens (primary N) is 1. The number of hydrogen-bond acceptors (Lipinski definition) is 3. The van der Waals surface area contributed by atoms with Crippen LogP contribution in [0.3, 0.4) is 0 Å². The molecule has 1 saturated heterocycles. The predicted molar refractivity (Wildman–Crippen MR) is 71.0 cm³/mol. The minimum atomic E-state index is 0.639. The number of anilines is 1. The second-order valence-electron chi connectivity index (χ2n) is 3.98. The molecular weight excluding hydrogens is 242 g/mol. The zero-order valence-corrected chi connectivity index (χ0v) is 10.7. The smallest absolute Gasteiger partial charge is 0.0635 e. The van der Waals surface area contributed by atoms with E-state index in [0.717, 1.165) is 37.1 Å². The SMILES string of the molecule is Nc1cc(CSC2CCOCC2)ccc1Cl. The van der Waals surface area contributed by atoms with Gasteiger partial charge in [-0.1, -0.05) is 17.7 Å². The minimum Gasteiger partial charge on any atom is -0.398 e. The van der Waals surface area contributed by atoms with E-state index < -0.39 is 0 Å². The van der Waals surface area contributed by atoms with Gasteiger partial charge in [-0.2, -0.15) is 11.8 Å². The van der Waals surface area contributed by atoms with Crippen molar-refractivity contribution >= 4 is 29.1 Å². The van der Waals surface area contributed by atoms with Crippen LogP contribution in [-0.2, 0) is 10.5 Å². The van der Waals surface area contributed by atoms with Crippen molar-refractivity contribution in [3.63, 3.8) is 0 Å². The minimum absolute atomic E-state index is 0.639. The Balaban J connectivity index is 1.86. The Labute approximate surface area is 105 Å². The molecule has 2 nitrogen and oxygen atoms in total. The molecule has 1 aromatic carbocycles. The van der Waals surface area contributed by atoms with Crippen molar-refractivity contribution in [2.45, 2.75) is 23.8 Å². The zero-order chi connectivity index (χ0) is 11.4. The second kappa shape index (κ2) is 5.80. The van der Waals surface area contributed by atoms with Crippen LogP contribution in [0.15, 0.2) is 18.2 Å². The Bertz CT molecular complexity index is 353. The summed E-state index contributed by atoms with van der Waals surface area (Å²) < 4.78 is 5.34. The monoisotopic (exact) mass is 257 g/mol. The molecule has 2 rings (SSSR count). The van der Waals surface area contributed by atoms with Gasteiger partial charge in [-0.15, -0.1) is 0 Å². The number of nitrogen functional groups attached to an aromatic ring is 1. The lowest BCUT2D eigenvalue weighted by atomic mass is 10.2. The Hall–Kier alpha value is -0.380. The van der Waals surface area contributed by atoms with E-state index in [0.29, 0.717) is 10.7 Å². The first-order valence-electron chi connectivity index (χ1n) is 5.49. The average Bonchev–Trinajstić information content (AvgIpc) is 2.32. The number of ether oxygens (including phenoxy) is 1. The normalized spacial score (nSPS) is 17.6. The Morgan fingerprint density at radius 1 is 1.38 bits per heavy atom. The first kappa shape index (κ1) is 12.1. The zero-order valence-electron chi connectivity index (χ0n) is 9.12. The Morgan fingerprint density at radius 3 is 2.81 bits per heavy atom. The van der Waals surface area contributed by atoms with Crippen molar-refractivity contribution in [1.82, 2.24) is 0 Å². The van der Waals surface area contributed by atoms with Crippen LogP contribution in [0.5, 0.6) is 0 Å². The highest BCUT2D eigenvalue weighted by molar-refractivity contribution is 7.99. The number of thioether (sulfide) groups is 1. The van der Waals surface area contributed by atoms with Gasteiger partial charge in [0.15, 0.2) is 0 Å². The summed E-state index contributed by atoms with van der Waals surface area (Å²) in [5.41, 5.74) is 7.69. The van der Waals surface area contributed by atoms with Crippen molar-refractivity contribution in [1.29, 1.82) is 0 Å². The van der Waals surface area contributed by atoms with Crippen LogP contribution >= 0.6 is 23.4 Å². The first-order chi connectivity index (χ1) is 7.75. The van der Waals surface area contributed by atoms with E-state index in [4.69, 9.17) is 22.1 Å². The summed E-state index contributed by atoms with van der Waals surface area (Å²) in [6, 6.07) is 5.89. The summed E-state index contributed by atoms with van der Waals surface area (Å²) in [6.07, 6.45) is 2.32. The number of halogens is 1. The molecule has 0 spiro atoms. The third-order valence-electron chi connectivity index (χ3n) is 2.71. The van der Waals surface area contributed by atoms with Gasteiger partial charge in [-0.05, 0) is 30.5 Å². The predicted octanol–water partition coefficient (Wildman–Crippen LogP) is 3.33. The molecule has 1 aliphatic heterocycles. The summed E-state index contributed by atoms with van der Waals surface area (Å²) >= 11 is 7.87. The van der Waals surface area contributed by atoms with Crippen molar-refractivity contribution in [3.8, 4) is 0 Å². The third-order valence-corrected chi connectivity index (χ3v) is 4.50. The van der Waals surface area contributed by atoms with Gasteiger partial charge < -0.3 is 10.5 Å². The molecule has 16 heavy (non-hydrogen) atoms. The van der Waals surface area contributed by atoms with E-state index in [1.165, 1.54) is 5.56 Å². The highest BCUT2D eigenvalue weighted by atomic mass is 35.5. The number of benzene rings is 1. The molecule has 0 aliphatic carbocycles. The lowest BCUT2D eigenvalue weighted by Gasteiger charge is -2.21. The average molecular weight is 258 g/mol. The summed E-state index contributed by atoms with van der Waals surface area (Å²) in [5.74, 6) is 1.01. The van der Waals surface area contributed by atoms with Gasteiger partial charge in [-0.3, -0.25) is 0 Å². The molecule has 0 radical (unpaired) electrons. The summed E-state index contributed by atoms with van der Waals surface area (Å²) in [4.78, 5) is 0. The van der Waals surface area contributed by atoms with Gasteiger partial charge in [-0.25, -0.2) is 0 Å². The molecule has 1 aromatic rings. The highest BCUT2D eigenvalue weighted by Crippen LogP contribution is 2.27. The fourth-order valence-electron chi connectivity index (χ4n) is 1.74. The van der Waals surface area contributed by atoms with Crippen molar-refractivity contribution in [2.75, 3.05) is 18.9 Å². The molecule has 2 N–H and O–H groups in total. The van der Waals surface area contributed by atoms with E-state index >= 15 is 0 Å². The number of hydrogen-bond donors (Lipinski definition) is 1. The molecule has 4 heteroatoms. The van der Waals surface area contributed by atoms with E-state index in [1.807, 2.05) is 30.0 Å². The maximum Gasteiger partial charge on any atom is 0.0635 e. The molecular formula is C12H16ClNOS. The van der Waals surface area contributed by atoms with Crippen LogP contribution in [-0.4, -0.2) is 18.5 Å². The van der Waals surface area contributed by atoms with E-state index in [9.17, 15) is 0 Å². The fraction of sp³-hybridized carbons (Fsp3) is 0.500. The van der Waals surface area contributed by atoms with E-state index in [2.05, 4.69) is 0 Å². The maximum absolute atomic E-state index is 5.88. The molecule has 1 heterocycles. The van der Waals surface area contributed by atoms with Crippen LogP contribution in [0.25, 0.3) is 0 Å². The Kier molecular flexibility index (Phi) is 4.38. The van der Waals surface area contributed by atoms with E-state index in [1.54, 1.807) is 0 Å². The van der Waals surface area contributed by atoms with Crippen LogP contribution in [0, 0.1) is 0 Å². The first-order valence-corrected chi connectivity index (χ1v) is 6.91. The lowest BCUT2D eigenvalue weighted by Crippen LogP contribution is -2.17. The lowest BCUT2D eigenvalue weighted by molar-refractivity contribution is 0.1000. The second-order valence-corrected chi connectivity index (χ2v) is 5.67. The molecule has 0 aromatic heterocycles. The number of rotatable bonds is 3. The van der Waals surface area contributed by atoms with E-state index in [-0.39, 0.29) is 0 Å². The fourth-order valence-corrected chi connectivity index (χ4v) is 2.99. The van der Waals surface area contributed by atoms with Crippen molar-refractivity contribution in [3.05, 3.63) is 28.8 Å². The largest absolute Gasteiger partial charge is 0.398 e. The summed E-state index contributed by atoms with van der Waals surface area (Å²) in [5, 5.41) is 1.37. The third kappa shape index (κ3) is 3.30. The molecule has 0 saturated carbocycles. The van der Waals surface area contributed by atoms with Crippen molar-refractivity contribution in [2.24, 2.45) is 0 Å². The molecule has 1 fully saturated rings. The standard InChI is InChI=1S/C12H16ClNOS/c13-11-2-1-9(7-12(11)14)8-16-10-3-5-15-6-4-10/h1-2,7,10H,3-6,8,14H2. The molecule has 0 amide bonds. The van der Waals surface area contributed by atoms with Gasteiger partial charge in [0.2, 0.25) is 0 Å². The molecule has 0 bridgehead atoms. The molecule has 0 unspecified atom stereocenters. The maximum atomic E-state index is 5.88. The van der Waals surface area contributed by atoms with Crippen LogP contribution in [0.4, 0.5) is 5.69 Å². The summed E-state index contributed by atoms with van der Waals surface area (Å²) in [7, 11) is 0. The Morgan fingerprint density at radius 2 is 2.12 bits per heavy atom. The summed E-state index contributed by atoms with van der Waals surface area (Å²) in [6.45, 7) is 1.81. The highest BCUT2D eigenvalue weighted by Gasteiger charge is 2.14. The molecule has 1 aliphatic rings. The van der Waals surface area contributed by atoms with Crippen LogP contribution in [0.2, 0.25) is 5.02 Å². The van der Waals surface area contributed by atoms with Crippen molar-refractivity contribution < 1.29 is 4.74 Å². The molecule has 88 valence electrons. The van der Waals surface area contributed by atoms with Gasteiger partial charge in [0, 0.05) is 24.2 Å². The van der Waals surface area contributed by atoms with Crippen LogP contribution in [0.1, 0.15) is 18.4 Å². The quantitative estimate of drug-likeness (QED) is 0.844. The van der Waals surface area contributed by atoms with Gasteiger partial charge in [0.25, 0.3) is 0 Å².